The van der Waals surface area contributed by atoms with Crippen LogP contribution in [0.5, 0.6) is 0 Å². The molecule has 0 fully saturated rings. The van der Waals surface area contributed by atoms with Gasteiger partial charge in [-0.25, -0.2) is 0 Å². The lowest BCUT2D eigenvalue weighted by Gasteiger charge is -2.07. The van der Waals surface area contributed by atoms with Crippen molar-refractivity contribution in [1.29, 1.82) is 0 Å². The van der Waals surface area contributed by atoms with Gasteiger partial charge in [0.05, 0.1) is 12.1 Å². The number of hydrogen-bond donors (Lipinski definition) is 2. The van der Waals surface area contributed by atoms with Gasteiger partial charge in [0.25, 0.3) is 5.91 Å². The number of carbonyl (C=O) groups excluding carboxylic acids is 2. The predicted octanol–water partition coefficient (Wildman–Crippen LogP) is 2.47. The first kappa shape index (κ1) is 15.2. The van der Waals surface area contributed by atoms with Gasteiger partial charge in [-0.15, -0.1) is 0 Å². The van der Waals surface area contributed by atoms with Crippen molar-refractivity contribution in [3.05, 3.63) is 32.7 Å². The highest BCUT2D eigenvalue weighted by Crippen LogP contribution is 2.21. The molecular weight excluding hydrogens is 364 g/mol. The summed E-state index contributed by atoms with van der Waals surface area (Å²) in [5.41, 5.74) is 0.493. The summed E-state index contributed by atoms with van der Waals surface area (Å²) in [5.74, 6) is -0.467. The molecule has 2 amide bonds. The second kappa shape index (κ2) is 7.53. The third-order valence-corrected chi connectivity index (χ3v) is 3.34. The van der Waals surface area contributed by atoms with Gasteiger partial charge in [-0.2, -0.15) is 0 Å². The van der Waals surface area contributed by atoms with Crippen LogP contribution >= 0.6 is 31.9 Å². The van der Waals surface area contributed by atoms with Crippen LogP contribution in [-0.2, 0) is 4.79 Å². The van der Waals surface area contributed by atoms with Gasteiger partial charge in [-0.1, -0.05) is 22.9 Å². The minimum atomic E-state index is -0.283. The molecule has 1 aromatic carbocycles. The van der Waals surface area contributed by atoms with Gasteiger partial charge < -0.3 is 10.6 Å². The van der Waals surface area contributed by atoms with Crippen molar-refractivity contribution in [2.45, 2.75) is 13.3 Å². The fourth-order valence-corrected chi connectivity index (χ4v) is 2.04. The van der Waals surface area contributed by atoms with E-state index in [4.69, 9.17) is 0 Å². The fourth-order valence-electron chi connectivity index (χ4n) is 1.25. The summed E-state index contributed by atoms with van der Waals surface area (Å²) in [6.45, 7) is 2.57. The Balaban J connectivity index is 2.55. The van der Waals surface area contributed by atoms with E-state index in [1.54, 1.807) is 12.1 Å². The summed E-state index contributed by atoms with van der Waals surface area (Å²) in [4.78, 5) is 23.2. The van der Waals surface area contributed by atoms with E-state index in [2.05, 4.69) is 42.5 Å². The number of hydrogen-bond acceptors (Lipinski definition) is 2. The molecule has 0 atom stereocenters. The van der Waals surface area contributed by atoms with Crippen molar-refractivity contribution in [2.24, 2.45) is 0 Å². The van der Waals surface area contributed by atoms with Crippen molar-refractivity contribution in [2.75, 3.05) is 13.1 Å². The topological polar surface area (TPSA) is 58.2 Å². The third kappa shape index (κ3) is 4.78. The van der Waals surface area contributed by atoms with E-state index in [1.165, 1.54) is 0 Å². The van der Waals surface area contributed by atoms with Gasteiger partial charge >= 0.3 is 0 Å². The van der Waals surface area contributed by atoms with E-state index < -0.39 is 0 Å². The standard InChI is InChI=1S/C12H14Br2N2O2/c1-2-5-15-11(17)7-16-12(18)9-6-8(13)3-4-10(9)14/h3-4,6H,2,5,7H2,1H3,(H,15,17)(H,16,18). The molecule has 0 aliphatic rings. The molecule has 1 aromatic rings. The maximum absolute atomic E-state index is 11.9. The number of benzene rings is 1. The minimum Gasteiger partial charge on any atom is -0.355 e. The van der Waals surface area contributed by atoms with Crippen LogP contribution in [0.25, 0.3) is 0 Å². The molecule has 4 nitrogen and oxygen atoms in total. The Morgan fingerprint density at radius 3 is 2.61 bits per heavy atom. The molecule has 2 N–H and O–H groups in total. The summed E-state index contributed by atoms with van der Waals surface area (Å²) in [7, 11) is 0. The number of rotatable bonds is 5. The second-order valence-corrected chi connectivity index (χ2v) is 5.43. The lowest BCUT2D eigenvalue weighted by molar-refractivity contribution is -0.120. The van der Waals surface area contributed by atoms with E-state index in [0.717, 1.165) is 10.9 Å². The van der Waals surface area contributed by atoms with Gasteiger partial charge in [-0.3, -0.25) is 9.59 Å². The molecule has 0 bridgehead atoms. The highest BCUT2D eigenvalue weighted by atomic mass is 79.9. The summed E-state index contributed by atoms with van der Waals surface area (Å²) in [5, 5.41) is 5.26. The normalized spacial score (nSPS) is 9.94. The van der Waals surface area contributed by atoms with Crippen LogP contribution < -0.4 is 10.6 Å². The molecular formula is C12H14Br2N2O2. The van der Waals surface area contributed by atoms with Crippen LogP contribution in [0.3, 0.4) is 0 Å². The van der Waals surface area contributed by atoms with Crippen molar-refractivity contribution in [3.8, 4) is 0 Å². The Labute approximate surface area is 123 Å². The monoisotopic (exact) mass is 376 g/mol. The van der Waals surface area contributed by atoms with Crippen LogP contribution in [0.2, 0.25) is 0 Å². The molecule has 0 aliphatic carbocycles. The molecule has 6 heteroatoms. The first-order valence-corrected chi connectivity index (χ1v) is 7.13. The molecule has 0 radical (unpaired) electrons. The number of carbonyl (C=O) groups is 2. The molecule has 0 saturated heterocycles. The molecule has 1 rings (SSSR count). The summed E-state index contributed by atoms with van der Waals surface area (Å²) >= 11 is 6.60. The quantitative estimate of drug-likeness (QED) is 0.828. The Morgan fingerprint density at radius 2 is 1.94 bits per heavy atom. The van der Waals surface area contributed by atoms with Crippen LogP contribution in [-0.4, -0.2) is 24.9 Å². The SMILES string of the molecule is CCCNC(=O)CNC(=O)c1cc(Br)ccc1Br. The van der Waals surface area contributed by atoms with Crippen molar-refractivity contribution >= 4 is 43.7 Å². The summed E-state index contributed by atoms with van der Waals surface area (Å²) < 4.78 is 1.50. The number of halogens is 2. The molecule has 0 aromatic heterocycles. The third-order valence-electron chi connectivity index (χ3n) is 2.15. The largest absolute Gasteiger partial charge is 0.355 e. The van der Waals surface area contributed by atoms with Gasteiger partial charge in [0.2, 0.25) is 5.91 Å². The zero-order valence-electron chi connectivity index (χ0n) is 9.93. The van der Waals surface area contributed by atoms with Gasteiger partial charge in [0.1, 0.15) is 0 Å². The van der Waals surface area contributed by atoms with E-state index in [-0.39, 0.29) is 18.4 Å². The van der Waals surface area contributed by atoms with E-state index in [9.17, 15) is 9.59 Å². The zero-order chi connectivity index (χ0) is 13.5. The van der Waals surface area contributed by atoms with Crippen molar-refractivity contribution in [3.63, 3.8) is 0 Å². The van der Waals surface area contributed by atoms with Gasteiger partial charge in [0.15, 0.2) is 0 Å². The van der Waals surface area contributed by atoms with Gasteiger partial charge in [-0.05, 0) is 40.5 Å². The molecule has 18 heavy (non-hydrogen) atoms. The lowest BCUT2D eigenvalue weighted by atomic mass is 10.2. The highest BCUT2D eigenvalue weighted by Gasteiger charge is 2.11. The first-order valence-electron chi connectivity index (χ1n) is 5.54. The molecule has 0 saturated carbocycles. The van der Waals surface area contributed by atoms with E-state index >= 15 is 0 Å². The molecule has 0 aliphatic heterocycles. The zero-order valence-corrected chi connectivity index (χ0v) is 13.1. The molecule has 0 heterocycles. The Hall–Kier alpha value is -0.880. The van der Waals surface area contributed by atoms with Crippen molar-refractivity contribution in [1.82, 2.24) is 10.6 Å². The average molecular weight is 378 g/mol. The van der Waals surface area contributed by atoms with Crippen LogP contribution in [0, 0.1) is 0 Å². The van der Waals surface area contributed by atoms with Crippen LogP contribution in [0.1, 0.15) is 23.7 Å². The van der Waals surface area contributed by atoms with E-state index in [1.807, 2.05) is 13.0 Å². The summed E-state index contributed by atoms with van der Waals surface area (Å²) in [6, 6.07) is 5.30. The predicted molar refractivity (Wildman–Crippen MR) is 77.5 cm³/mol. The Bertz CT molecular complexity index is 450. The van der Waals surface area contributed by atoms with Crippen LogP contribution in [0.4, 0.5) is 0 Å². The fraction of sp³-hybridized carbons (Fsp3) is 0.333. The molecule has 0 spiro atoms. The number of amides is 2. The minimum absolute atomic E-state index is 0.0161. The van der Waals surface area contributed by atoms with Gasteiger partial charge in [0, 0.05) is 15.5 Å². The number of nitrogens with one attached hydrogen (secondary N) is 2. The van der Waals surface area contributed by atoms with Crippen molar-refractivity contribution < 1.29 is 9.59 Å². The summed E-state index contributed by atoms with van der Waals surface area (Å²) in [6.07, 6.45) is 0.872. The maximum Gasteiger partial charge on any atom is 0.252 e. The lowest BCUT2D eigenvalue weighted by Crippen LogP contribution is -2.37. The average Bonchev–Trinajstić information content (AvgIpc) is 2.36. The van der Waals surface area contributed by atoms with E-state index in [0.29, 0.717) is 16.6 Å². The second-order valence-electron chi connectivity index (χ2n) is 3.66. The Morgan fingerprint density at radius 1 is 1.22 bits per heavy atom. The van der Waals surface area contributed by atoms with Crippen LogP contribution in [0.15, 0.2) is 27.1 Å². The smallest absolute Gasteiger partial charge is 0.252 e. The first-order chi connectivity index (χ1) is 8.54. The highest BCUT2D eigenvalue weighted by molar-refractivity contribution is 9.11. The Kier molecular flexibility index (Phi) is 6.35. The maximum atomic E-state index is 11.9. The molecule has 0 unspecified atom stereocenters. The molecule has 98 valence electrons.